The summed E-state index contributed by atoms with van der Waals surface area (Å²) in [6, 6.07) is 8.38. The molecule has 0 heterocycles. The number of carbonyl (C=O) groups is 1. The standard InChI is InChI=1S/C16H26N2O/c1-14-8-4-5-9-15(14)10-6-11-16(19)17-12-7-13-18(2)3/h4-5,8-9H,6-7,10-13H2,1-3H3,(H,17,19). The molecule has 19 heavy (non-hydrogen) atoms. The Labute approximate surface area is 117 Å². The van der Waals surface area contributed by atoms with E-state index in [0.717, 1.165) is 32.4 Å². The molecule has 0 radical (unpaired) electrons. The maximum absolute atomic E-state index is 11.6. The first-order chi connectivity index (χ1) is 9.09. The van der Waals surface area contributed by atoms with E-state index >= 15 is 0 Å². The van der Waals surface area contributed by atoms with Crippen molar-refractivity contribution in [2.75, 3.05) is 27.2 Å². The monoisotopic (exact) mass is 262 g/mol. The number of nitrogens with one attached hydrogen (secondary N) is 1. The van der Waals surface area contributed by atoms with Crippen molar-refractivity contribution in [3.8, 4) is 0 Å². The minimum atomic E-state index is 0.173. The minimum Gasteiger partial charge on any atom is -0.356 e. The molecule has 3 nitrogen and oxygen atoms in total. The molecule has 106 valence electrons. The highest BCUT2D eigenvalue weighted by Crippen LogP contribution is 2.10. The third kappa shape index (κ3) is 6.97. The number of hydrogen-bond acceptors (Lipinski definition) is 2. The molecular formula is C16H26N2O. The quantitative estimate of drug-likeness (QED) is 0.730. The summed E-state index contributed by atoms with van der Waals surface area (Å²) in [5, 5.41) is 2.97. The smallest absolute Gasteiger partial charge is 0.220 e. The van der Waals surface area contributed by atoms with E-state index in [1.54, 1.807) is 0 Å². The van der Waals surface area contributed by atoms with Gasteiger partial charge in [-0.05, 0) is 58.0 Å². The van der Waals surface area contributed by atoms with Gasteiger partial charge in [-0.3, -0.25) is 4.79 Å². The highest BCUT2D eigenvalue weighted by Gasteiger charge is 2.02. The van der Waals surface area contributed by atoms with Gasteiger partial charge >= 0.3 is 0 Å². The lowest BCUT2D eigenvalue weighted by molar-refractivity contribution is -0.121. The van der Waals surface area contributed by atoms with Crippen LogP contribution in [0.4, 0.5) is 0 Å². The largest absolute Gasteiger partial charge is 0.356 e. The summed E-state index contributed by atoms with van der Waals surface area (Å²) in [5.74, 6) is 0.173. The van der Waals surface area contributed by atoms with Crippen LogP contribution in [0.25, 0.3) is 0 Å². The normalized spacial score (nSPS) is 10.7. The van der Waals surface area contributed by atoms with Gasteiger partial charge in [0.15, 0.2) is 0 Å². The summed E-state index contributed by atoms with van der Waals surface area (Å²) < 4.78 is 0. The Kier molecular flexibility index (Phi) is 7.19. The van der Waals surface area contributed by atoms with Crippen molar-refractivity contribution < 1.29 is 4.79 Å². The third-order valence-electron chi connectivity index (χ3n) is 3.22. The van der Waals surface area contributed by atoms with Crippen LogP contribution in [0.5, 0.6) is 0 Å². The molecule has 1 aromatic carbocycles. The van der Waals surface area contributed by atoms with Gasteiger partial charge in [0.05, 0.1) is 0 Å². The fraction of sp³-hybridized carbons (Fsp3) is 0.562. The molecule has 0 aromatic heterocycles. The minimum absolute atomic E-state index is 0.173. The van der Waals surface area contributed by atoms with Crippen LogP contribution in [0.15, 0.2) is 24.3 Å². The number of amides is 1. The lowest BCUT2D eigenvalue weighted by atomic mass is 10.0. The maximum atomic E-state index is 11.6. The van der Waals surface area contributed by atoms with Crippen molar-refractivity contribution in [1.82, 2.24) is 10.2 Å². The van der Waals surface area contributed by atoms with Gasteiger partial charge in [-0.25, -0.2) is 0 Å². The molecule has 1 N–H and O–H groups in total. The summed E-state index contributed by atoms with van der Waals surface area (Å²) in [6.07, 6.45) is 3.54. The Bertz CT molecular complexity index is 388. The van der Waals surface area contributed by atoms with Crippen LogP contribution in [-0.2, 0) is 11.2 Å². The molecule has 0 fully saturated rings. The number of benzene rings is 1. The van der Waals surface area contributed by atoms with Crippen molar-refractivity contribution in [3.63, 3.8) is 0 Å². The molecule has 0 aliphatic rings. The molecule has 1 rings (SSSR count). The molecule has 1 aromatic rings. The second-order valence-corrected chi connectivity index (χ2v) is 5.29. The third-order valence-corrected chi connectivity index (χ3v) is 3.22. The average molecular weight is 262 g/mol. The second-order valence-electron chi connectivity index (χ2n) is 5.29. The highest BCUT2D eigenvalue weighted by atomic mass is 16.1. The van der Waals surface area contributed by atoms with E-state index in [0.29, 0.717) is 6.42 Å². The van der Waals surface area contributed by atoms with Crippen LogP contribution in [0.1, 0.15) is 30.4 Å². The van der Waals surface area contributed by atoms with Crippen LogP contribution in [0.2, 0.25) is 0 Å². The van der Waals surface area contributed by atoms with E-state index in [1.807, 2.05) is 14.1 Å². The number of hydrogen-bond donors (Lipinski definition) is 1. The Balaban J connectivity index is 2.12. The van der Waals surface area contributed by atoms with E-state index in [9.17, 15) is 4.79 Å². The highest BCUT2D eigenvalue weighted by molar-refractivity contribution is 5.75. The first-order valence-electron chi connectivity index (χ1n) is 7.05. The molecule has 0 saturated carbocycles. The number of nitrogens with zero attached hydrogens (tertiary/aromatic N) is 1. The van der Waals surface area contributed by atoms with Crippen LogP contribution in [0.3, 0.4) is 0 Å². The van der Waals surface area contributed by atoms with Gasteiger partial charge in [0.25, 0.3) is 0 Å². The van der Waals surface area contributed by atoms with Crippen LogP contribution in [0, 0.1) is 6.92 Å². The number of rotatable bonds is 8. The zero-order valence-corrected chi connectivity index (χ0v) is 12.4. The molecular weight excluding hydrogens is 236 g/mol. The predicted octanol–water partition coefficient (Wildman–Crippen LogP) is 2.39. The molecule has 0 aliphatic heterocycles. The van der Waals surface area contributed by atoms with Gasteiger partial charge in [-0.1, -0.05) is 24.3 Å². The lowest BCUT2D eigenvalue weighted by Crippen LogP contribution is -2.26. The van der Waals surface area contributed by atoms with Crippen LogP contribution >= 0.6 is 0 Å². The zero-order valence-electron chi connectivity index (χ0n) is 12.4. The molecule has 3 heteroatoms. The van der Waals surface area contributed by atoms with Crippen LogP contribution in [-0.4, -0.2) is 38.0 Å². The van der Waals surface area contributed by atoms with Crippen LogP contribution < -0.4 is 5.32 Å². The predicted molar refractivity (Wildman–Crippen MR) is 80.3 cm³/mol. The van der Waals surface area contributed by atoms with Crippen molar-refractivity contribution in [2.24, 2.45) is 0 Å². The van der Waals surface area contributed by atoms with Gasteiger partial charge in [0.1, 0.15) is 0 Å². The fourth-order valence-electron chi connectivity index (χ4n) is 2.04. The summed E-state index contributed by atoms with van der Waals surface area (Å²) >= 11 is 0. The van der Waals surface area contributed by atoms with Crippen molar-refractivity contribution >= 4 is 5.91 Å². The van der Waals surface area contributed by atoms with Crippen molar-refractivity contribution in [1.29, 1.82) is 0 Å². The summed E-state index contributed by atoms with van der Waals surface area (Å²) in [6.45, 7) is 3.92. The van der Waals surface area contributed by atoms with E-state index in [-0.39, 0.29) is 5.91 Å². The van der Waals surface area contributed by atoms with Crippen molar-refractivity contribution in [3.05, 3.63) is 35.4 Å². The first kappa shape index (κ1) is 15.7. The lowest BCUT2D eigenvalue weighted by Gasteiger charge is -2.10. The number of aryl methyl sites for hydroxylation is 2. The molecule has 0 atom stereocenters. The topological polar surface area (TPSA) is 32.3 Å². The van der Waals surface area contributed by atoms with E-state index in [2.05, 4.69) is 41.4 Å². The SMILES string of the molecule is Cc1ccccc1CCCC(=O)NCCCN(C)C. The van der Waals surface area contributed by atoms with Gasteiger partial charge < -0.3 is 10.2 Å². The van der Waals surface area contributed by atoms with E-state index in [4.69, 9.17) is 0 Å². The van der Waals surface area contributed by atoms with Crippen molar-refractivity contribution in [2.45, 2.75) is 32.6 Å². The zero-order chi connectivity index (χ0) is 14.1. The van der Waals surface area contributed by atoms with Gasteiger partial charge in [0, 0.05) is 13.0 Å². The summed E-state index contributed by atoms with van der Waals surface area (Å²) in [7, 11) is 4.09. The summed E-state index contributed by atoms with van der Waals surface area (Å²) in [4.78, 5) is 13.8. The molecule has 0 unspecified atom stereocenters. The Morgan fingerprint density at radius 1 is 1.21 bits per heavy atom. The fourth-order valence-corrected chi connectivity index (χ4v) is 2.04. The number of carbonyl (C=O) groups excluding carboxylic acids is 1. The van der Waals surface area contributed by atoms with E-state index < -0.39 is 0 Å². The Morgan fingerprint density at radius 2 is 1.95 bits per heavy atom. The first-order valence-corrected chi connectivity index (χ1v) is 7.05. The van der Waals surface area contributed by atoms with Gasteiger partial charge in [-0.2, -0.15) is 0 Å². The second kappa shape index (κ2) is 8.70. The average Bonchev–Trinajstić information content (AvgIpc) is 2.37. The van der Waals surface area contributed by atoms with Gasteiger partial charge in [-0.15, -0.1) is 0 Å². The Hall–Kier alpha value is -1.35. The molecule has 0 spiro atoms. The Morgan fingerprint density at radius 3 is 2.63 bits per heavy atom. The molecule has 0 bridgehead atoms. The van der Waals surface area contributed by atoms with Gasteiger partial charge in [0.2, 0.25) is 5.91 Å². The summed E-state index contributed by atoms with van der Waals surface area (Å²) in [5.41, 5.74) is 2.66. The molecule has 0 saturated heterocycles. The maximum Gasteiger partial charge on any atom is 0.220 e. The van der Waals surface area contributed by atoms with E-state index in [1.165, 1.54) is 11.1 Å². The molecule has 0 aliphatic carbocycles. The molecule has 1 amide bonds.